The van der Waals surface area contributed by atoms with E-state index in [4.69, 9.17) is 5.73 Å². The van der Waals surface area contributed by atoms with Crippen molar-refractivity contribution in [3.63, 3.8) is 0 Å². The smallest absolute Gasteiger partial charge is 0.241 e. The quantitative estimate of drug-likeness (QED) is 0.817. The summed E-state index contributed by atoms with van der Waals surface area (Å²) in [6.07, 6.45) is 3.45. The van der Waals surface area contributed by atoms with E-state index in [2.05, 4.69) is 4.72 Å². The maximum atomic E-state index is 12.5. The molecule has 0 heterocycles. The van der Waals surface area contributed by atoms with Gasteiger partial charge in [-0.3, -0.25) is 0 Å². The fraction of sp³-hybridized carbons (Fsp3) is 0.467. The lowest BCUT2D eigenvalue weighted by molar-refractivity contribution is 0.584. The summed E-state index contributed by atoms with van der Waals surface area (Å²) in [7, 11) is -3.51. The standard InChI is InChI=1S/C15H24N2O2S/c1-10-11(2)13(4)15(14(5)12(10)3)20(18,19)17-9-7-6-8-16/h6-7,17H,8-9,16H2,1-5H3/b7-6+. The Bertz CT molecular complexity index is 603. The van der Waals surface area contributed by atoms with Gasteiger partial charge in [0, 0.05) is 13.1 Å². The molecule has 0 unspecified atom stereocenters. The van der Waals surface area contributed by atoms with Crippen molar-refractivity contribution >= 4 is 10.0 Å². The van der Waals surface area contributed by atoms with Crippen LogP contribution in [0.15, 0.2) is 17.0 Å². The maximum absolute atomic E-state index is 12.5. The lowest BCUT2D eigenvalue weighted by Gasteiger charge is -2.18. The molecule has 0 saturated heterocycles. The average molecular weight is 296 g/mol. The molecular formula is C15H24N2O2S. The minimum atomic E-state index is -3.51. The Hall–Kier alpha value is -1.17. The summed E-state index contributed by atoms with van der Waals surface area (Å²) >= 11 is 0. The third kappa shape index (κ3) is 3.29. The Morgan fingerprint density at radius 2 is 1.35 bits per heavy atom. The van der Waals surface area contributed by atoms with E-state index in [-0.39, 0.29) is 6.54 Å². The summed E-state index contributed by atoms with van der Waals surface area (Å²) < 4.78 is 27.5. The number of nitrogens with two attached hydrogens (primary N) is 1. The number of hydrogen-bond acceptors (Lipinski definition) is 3. The molecule has 0 aliphatic carbocycles. The van der Waals surface area contributed by atoms with Crippen LogP contribution in [0.25, 0.3) is 0 Å². The maximum Gasteiger partial charge on any atom is 0.241 e. The van der Waals surface area contributed by atoms with Crippen molar-refractivity contribution in [2.45, 2.75) is 39.5 Å². The van der Waals surface area contributed by atoms with Gasteiger partial charge >= 0.3 is 0 Å². The first kappa shape index (κ1) is 16.9. The number of rotatable bonds is 5. The molecular weight excluding hydrogens is 272 g/mol. The van der Waals surface area contributed by atoms with Gasteiger partial charge in [-0.05, 0) is 62.4 Å². The van der Waals surface area contributed by atoms with Gasteiger partial charge in [0.15, 0.2) is 0 Å². The van der Waals surface area contributed by atoms with Crippen LogP contribution in [0.4, 0.5) is 0 Å². The van der Waals surface area contributed by atoms with Crippen LogP contribution in [0.2, 0.25) is 0 Å². The van der Waals surface area contributed by atoms with Gasteiger partial charge in [-0.1, -0.05) is 12.2 Å². The Kier molecular flexibility index (Phi) is 5.50. The van der Waals surface area contributed by atoms with Gasteiger partial charge in [0.05, 0.1) is 4.90 Å². The molecule has 20 heavy (non-hydrogen) atoms. The van der Waals surface area contributed by atoms with Crippen molar-refractivity contribution in [3.05, 3.63) is 40.0 Å². The molecule has 1 rings (SSSR count). The predicted molar refractivity (Wildman–Crippen MR) is 83.5 cm³/mol. The Balaban J connectivity index is 3.29. The Labute approximate surface area is 122 Å². The molecule has 0 bridgehead atoms. The van der Waals surface area contributed by atoms with Crippen LogP contribution in [0.5, 0.6) is 0 Å². The zero-order chi connectivity index (χ0) is 15.5. The van der Waals surface area contributed by atoms with E-state index in [0.717, 1.165) is 27.8 Å². The largest absolute Gasteiger partial charge is 0.327 e. The van der Waals surface area contributed by atoms with Gasteiger partial charge in [0.25, 0.3) is 0 Å². The highest BCUT2D eigenvalue weighted by Gasteiger charge is 2.22. The third-order valence-corrected chi connectivity index (χ3v) is 5.59. The third-order valence-electron chi connectivity index (χ3n) is 3.89. The molecule has 0 aliphatic rings. The van der Waals surface area contributed by atoms with Crippen molar-refractivity contribution in [1.82, 2.24) is 4.72 Å². The number of nitrogens with one attached hydrogen (secondary N) is 1. The summed E-state index contributed by atoms with van der Waals surface area (Å²) in [6.45, 7) is 10.3. The van der Waals surface area contributed by atoms with Crippen LogP contribution >= 0.6 is 0 Å². The van der Waals surface area contributed by atoms with E-state index in [1.54, 1.807) is 12.2 Å². The zero-order valence-electron chi connectivity index (χ0n) is 12.9. The molecule has 0 atom stereocenters. The molecule has 5 heteroatoms. The van der Waals surface area contributed by atoms with Gasteiger partial charge in [-0.2, -0.15) is 0 Å². The van der Waals surface area contributed by atoms with E-state index in [1.165, 1.54) is 0 Å². The van der Waals surface area contributed by atoms with Crippen molar-refractivity contribution in [1.29, 1.82) is 0 Å². The van der Waals surface area contributed by atoms with Crippen LogP contribution in [-0.4, -0.2) is 21.5 Å². The Morgan fingerprint density at radius 1 is 0.900 bits per heavy atom. The first-order chi connectivity index (χ1) is 9.24. The van der Waals surface area contributed by atoms with E-state index >= 15 is 0 Å². The molecule has 3 N–H and O–H groups in total. The van der Waals surface area contributed by atoms with Gasteiger partial charge in [-0.15, -0.1) is 0 Å². The normalized spacial score (nSPS) is 12.3. The van der Waals surface area contributed by atoms with Crippen LogP contribution < -0.4 is 10.5 Å². The molecule has 4 nitrogen and oxygen atoms in total. The minimum absolute atomic E-state index is 0.254. The van der Waals surface area contributed by atoms with E-state index < -0.39 is 10.0 Å². The minimum Gasteiger partial charge on any atom is -0.327 e. The summed E-state index contributed by atoms with van der Waals surface area (Å²) in [5.74, 6) is 0. The molecule has 1 aromatic carbocycles. The zero-order valence-corrected chi connectivity index (χ0v) is 13.7. The number of benzene rings is 1. The van der Waals surface area contributed by atoms with Crippen molar-refractivity contribution in [2.75, 3.05) is 13.1 Å². The number of hydrogen-bond donors (Lipinski definition) is 2. The second-order valence-electron chi connectivity index (χ2n) is 5.01. The van der Waals surface area contributed by atoms with Crippen molar-refractivity contribution in [2.24, 2.45) is 5.73 Å². The van der Waals surface area contributed by atoms with Crippen molar-refractivity contribution < 1.29 is 8.42 Å². The fourth-order valence-corrected chi connectivity index (χ4v) is 3.85. The first-order valence-electron chi connectivity index (χ1n) is 6.65. The van der Waals surface area contributed by atoms with Crippen molar-refractivity contribution in [3.8, 4) is 0 Å². The molecule has 1 aromatic rings. The molecule has 0 saturated carbocycles. The molecule has 0 aromatic heterocycles. The summed E-state index contributed by atoms with van der Waals surface area (Å²) in [5, 5.41) is 0. The lowest BCUT2D eigenvalue weighted by Crippen LogP contribution is -2.26. The van der Waals surface area contributed by atoms with Crippen LogP contribution in [0.1, 0.15) is 27.8 Å². The van der Waals surface area contributed by atoms with Gasteiger partial charge in [0.2, 0.25) is 10.0 Å². The highest BCUT2D eigenvalue weighted by atomic mass is 32.2. The first-order valence-corrected chi connectivity index (χ1v) is 8.14. The Morgan fingerprint density at radius 3 is 1.80 bits per heavy atom. The fourth-order valence-electron chi connectivity index (χ4n) is 2.28. The molecule has 0 fully saturated rings. The van der Waals surface area contributed by atoms with E-state index in [0.29, 0.717) is 11.4 Å². The lowest BCUT2D eigenvalue weighted by atomic mass is 9.95. The highest BCUT2D eigenvalue weighted by molar-refractivity contribution is 7.89. The molecule has 0 spiro atoms. The van der Waals surface area contributed by atoms with Crippen LogP contribution in [0.3, 0.4) is 0 Å². The predicted octanol–water partition coefficient (Wildman–Crippen LogP) is 2.02. The highest BCUT2D eigenvalue weighted by Crippen LogP contribution is 2.29. The van der Waals surface area contributed by atoms with Gasteiger partial charge in [0.1, 0.15) is 0 Å². The van der Waals surface area contributed by atoms with Gasteiger partial charge in [-0.25, -0.2) is 13.1 Å². The SMILES string of the molecule is Cc1c(C)c(C)c(S(=O)(=O)NC/C=C/CN)c(C)c1C. The second-order valence-corrected chi connectivity index (χ2v) is 6.72. The molecule has 0 radical (unpaired) electrons. The average Bonchev–Trinajstić information content (AvgIpc) is 2.39. The number of sulfonamides is 1. The summed E-state index contributed by atoms with van der Waals surface area (Å²) in [5.41, 5.74) is 10.2. The van der Waals surface area contributed by atoms with E-state index in [1.807, 2.05) is 34.6 Å². The molecule has 112 valence electrons. The second kappa shape index (κ2) is 6.52. The van der Waals surface area contributed by atoms with E-state index in [9.17, 15) is 8.42 Å². The summed E-state index contributed by atoms with van der Waals surface area (Å²) in [6, 6.07) is 0. The molecule has 0 aliphatic heterocycles. The monoisotopic (exact) mass is 296 g/mol. The summed E-state index contributed by atoms with van der Waals surface area (Å²) in [4.78, 5) is 0.402. The van der Waals surface area contributed by atoms with Crippen LogP contribution in [-0.2, 0) is 10.0 Å². The molecule has 0 amide bonds. The van der Waals surface area contributed by atoms with Gasteiger partial charge < -0.3 is 5.73 Å². The topological polar surface area (TPSA) is 72.2 Å². The van der Waals surface area contributed by atoms with Crippen LogP contribution in [0, 0.1) is 34.6 Å².